The molecular weight excluding hydrogens is 387 g/mol. The molecule has 0 aliphatic carbocycles. The summed E-state index contributed by atoms with van der Waals surface area (Å²) in [6, 6.07) is 11.6. The first-order chi connectivity index (χ1) is 14.5. The molecule has 3 aromatic rings. The molecule has 152 valence electrons. The molecule has 1 aromatic heterocycles. The van der Waals surface area contributed by atoms with Gasteiger partial charge in [0.15, 0.2) is 0 Å². The number of halogens is 1. The van der Waals surface area contributed by atoms with Crippen LogP contribution in [0.2, 0.25) is 0 Å². The summed E-state index contributed by atoms with van der Waals surface area (Å²) >= 11 is 0. The number of carbonyl (C=O) groups excluding carboxylic acids is 2. The third kappa shape index (κ3) is 3.04. The Labute approximate surface area is 170 Å². The molecule has 2 aromatic carbocycles. The second-order valence-electron chi connectivity index (χ2n) is 7.86. The number of aromatic amines is 1. The molecule has 0 spiro atoms. The molecule has 0 saturated carbocycles. The number of rotatable bonds is 3. The highest BCUT2D eigenvalue weighted by atomic mass is 19.1. The Hall–Kier alpha value is -3.55. The zero-order chi connectivity index (χ0) is 20.8. The van der Waals surface area contributed by atoms with Crippen LogP contribution in [0.3, 0.4) is 0 Å². The number of H-pyrrole nitrogens is 1. The van der Waals surface area contributed by atoms with E-state index in [4.69, 9.17) is 0 Å². The van der Waals surface area contributed by atoms with Gasteiger partial charge in [-0.3, -0.25) is 14.4 Å². The standard InChI is InChI=1S/C22H19FN4O3/c23-18-6-5-12(8-19-14-3-1-2-4-15(14)21(29)26-25-19)7-16(18)22(30)27-10-13-9-24-20(28)17(13)11-27/h1-7,13,17H,8-11H2,(H,24,28)(H,26,29). The number of likely N-dealkylation sites (tertiary alicyclic amines) is 1. The van der Waals surface area contributed by atoms with Crippen molar-refractivity contribution < 1.29 is 14.0 Å². The van der Waals surface area contributed by atoms with Gasteiger partial charge in [-0.05, 0) is 23.8 Å². The number of amides is 2. The molecule has 2 N–H and O–H groups in total. The van der Waals surface area contributed by atoms with Gasteiger partial charge in [-0.15, -0.1) is 0 Å². The molecule has 8 heteroatoms. The van der Waals surface area contributed by atoms with Crippen LogP contribution < -0.4 is 10.9 Å². The van der Waals surface area contributed by atoms with Crippen LogP contribution in [0.25, 0.3) is 10.8 Å². The van der Waals surface area contributed by atoms with Crippen LogP contribution in [0.1, 0.15) is 21.6 Å². The molecule has 30 heavy (non-hydrogen) atoms. The van der Waals surface area contributed by atoms with Crippen molar-refractivity contribution in [2.45, 2.75) is 6.42 Å². The number of aromatic nitrogens is 2. The number of benzene rings is 2. The SMILES string of the molecule is O=C1NCC2CN(C(=O)c3cc(Cc4n[nH]c(=O)c5ccccc45)ccc3F)CC12. The van der Waals surface area contributed by atoms with Crippen molar-refractivity contribution in [2.75, 3.05) is 19.6 Å². The Bertz CT molecular complexity index is 1240. The third-order valence-corrected chi connectivity index (χ3v) is 6.01. The predicted octanol–water partition coefficient (Wildman–Crippen LogP) is 1.47. The summed E-state index contributed by atoms with van der Waals surface area (Å²) in [7, 11) is 0. The molecule has 7 nitrogen and oxygen atoms in total. The Morgan fingerprint density at radius 2 is 1.93 bits per heavy atom. The van der Waals surface area contributed by atoms with Crippen molar-refractivity contribution in [3.8, 4) is 0 Å². The van der Waals surface area contributed by atoms with Crippen LogP contribution in [0.15, 0.2) is 47.3 Å². The predicted molar refractivity (Wildman–Crippen MR) is 107 cm³/mol. The van der Waals surface area contributed by atoms with E-state index in [1.807, 2.05) is 12.1 Å². The number of nitrogens with zero attached hydrogens (tertiary/aromatic N) is 2. The lowest BCUT2D eigenvalue weighted by molar-refractivity contribution is -0.122. The fraction of sp³-hybridized carbons (Fsp3) is 0.273. The first-order valence-electron chi connectivity index (χ1n) is 9.83. The van der Waals surface area contributed by atoms with E-state index in [-0.39, 0.29) is 28.9 Å². The molecule has 5 rings (SSSR count). The lowest BCUT2D eigenvalue weighted by Crippen LogP contribution is -2.34. The summed E-state index contributed by atoms with van der Waals surface area (Å²) in [5.74, 6) is -1.16. The van der Waals surface area contributed by atoms with Crippen molar-refractivity contribution in [2.24, 2.45) is 11.8 Å². The van der Waals surface area contributed by atoms with Gasteiger partial charge in [-0.2, -0.15) is 5.10 Å². The van der Waals surface area contributed by atoms with E-state index in [0.29, 0.717) is 42.7 Å². The van der Waals surface area contributed by atoms with Crippen molar-refractivity contribution >= 4 is 22.6 Å². The maximum atomic E-state index is 14.5. The molecule has 2 unspecified atom stereocenters. The van der Waals surface area contributed by atoms with Crippen molar-refractivity contribution in [1.82, 2.24) is 20.4 Å². The zero-order valence-electron chi connectivity index (χ0n) is 16.0. The molecule has 2 aliphatic heterocycles. The van der Waals surface area contributed by atoms with Gasteiger partial charge in [-0.1, -0.05) is 24.3 Å². The van der Waals surface area contributed by atoms with Gasteiger partial charge in [0.05, 0.1) is 22.6 Å². The van der Waals surface area contributed by atoms with E-state index in [0.717, 1.165) is 5.39 Å². The lowest BCUT2D eigenvalue weighted by atomic mass is 10.0. The average molecular weight is 406 g/mol. The second kappa shape index (κ2) is 7.05. The molecule has 2 saturated heterocycles. The van der Waals surface area contributed by atoms with E-state index in [2.05, 4.69) is 15.5 Å². The number of carbonyl (C=O) groups is 2. The lowest BCUT2D eigenvalue weighted by Gasteiger charge is -2.18. The van der Waals surface area contributed by atoms with Crippen LogP contribution in [0.5, 0.6) is 0 Å². The van der Waals surface area contributed by atoms with E-state index < -0.39 is 11.7 Å². The van der Waals surface area contributed by atoms with Crippen LogP contribution in [-0.4, -0.2) is 46.5 Å². The summed E-state index contributed by atoms with van der Waals surface area (Å²) in [6.45, 7) is 1.31. The average Bonchev–Trinajstić information content (AvgIpc) is 3.33. The normalized spacial score (nSPS) is 20.4. The first-order valence-corrected chi connectivity index (χ1v) is 9.83. The minimum absolute atomic E-state index is 0.0124. The van der Waals surface area contributed by atoms with Crippen molar-refractivity contribution in [1.29, 1.82) is 0 Å². The summed E-state index contributed by atoms with van der Waals surface area (Å²) in [4.78, 5) is 38.4. The van der Waals surface area contributed by atoms with Gasteiger partial charge >= 0.3 is 0 Å². The Kier molecular flexibility index (Phi) is 4.34. The Balaban J connectivity index is 1.43. The highest BCUT2D eigenvalue weighted by Crippen LogP contribution is 2.29. The quantitative estimate of drug-likeness (QED) is 0.689. The van der Waals surface area contributed by atoms with Gasteiger partial charge < -0.3 is 10.2 Å². The third-order valence-electron chi connectivity index (χ3n) is 6.01. The fourth-order valence-electron chi connectivity index (χ4n) is 4.42. The molecule has 2 fully saturated rings. The zero-order valence-corrected chi connectivity index (χ0v) is 16.0. The molecule has 2 aliphatic rings. The number of hydrogen-bond acceptors (Lipinski definition) is 4. The van der Waals surface area contributed by atoms with E-state index in [1.165, 1.54) is 12.1 Å². The van der Waals surface area contributed by atoms with Crippen molar-refractivity contribution in [3.63, 3.8) is 0 Å². The van der Waals surface area contributed by atoms with Crippen LogP contribution in [-0.2, 0) is 11.2 Å². The molecular formula is C22H19FN4O3. The number of hydrogen-bond donors (Lipinski definition) is 2. The molecule has 2 atom stereocenters. The largest absolute Gasteiger partial charge is 0.355 e. The minimum Gasteiger partial charge on any atom is -0.355 e. The summed E-state index contributed by atoms with van der Waals surface area (Å²) in [5.41, 5.74) is 1.07. The summed E-state index contributed by atoms with van der Waals surface area (Å²) in [5, 5.41) is 10.7. The molecule has 0 bridgehead atoms. The van der Waals surface area contributed by atoms with Gasteiger partial charge in [0.2, 0.25) is 5.91 Å². The van der Waals surface area contributed by atoms with E-state index >= 15 is 0 Å². The number of nitrogens with one attached hydrogen (secondary N) is 2. The van der Waals surface area contributed by atoms with Gasteiger partial charge in [0.1, 0.15) is 5.82 Å². The summed E-state index contributed by atoms with van der Waals surface area (Å²) < 4.78 is 14.5. The smallest absolute Gasteiger partial charge is 0.272 e. The van der Waals surface area contributed by atoms with Crippen LogP contribution in [0.4, 0.5) is 4.39 Å². The van der Waals surface area contributed by atoms with Crippen LogP contribution >= 0.6 is 0 Å². The highest BCUT2D eigenvalue weighted by molar-refractivity contribution is 5.96. The maximum absolute atomic E-state index is 14.5. The number of fused-ring (bicyclic) bond motifs is 2. The fourth-order valence-corrected chi connectivity index (χ4v) is 4.42. The topological polar surface area (TPSA) is 95.2 Å². The van der Waals surface area contributed by atoms with Gasteiger partial charge in [-0.25, -0.2) is 9.49 Å². The maximum Gasteiger partial charge on any atom is 0.272 e. The monoisotopic (exact) mass is 406 g/mol. The van der Waals surface area contributed by atoms with E-state index in [9.17, 15) is 18.8 Å². The molecule has 0 radical (unpaired) electrons. The Morgan fingerprint density at radius 1 is 1.13 bits per heavy atom. The van der Waals surface area contributed by atoms with Gasteiger partial charge in [0.25, 0.3) is 11.5 Å². The van der Waals surface area contributed by atoms with E-state index in [1.54, 1.807) is 23.1 Å². The van der Waals surface area contributed by atoms with Gasteiger partial charge in [0, 0.05) is 37.4 Å². The molecule has 3 heterocycles. The molecule has 2 amide bonds. The summed E-state index contributed by atoms with van der Waals surface area (Å²) in [6.07, 6.45) is 0.339. The second-order valence-corrected chi connectivity index (χ2v) is 7.86. The highest BCUT2D eigenvalue weighted by Gasteiger charge is 2.43. The van der Waals surface area contributed by atoms with Crippen molar-refractivity contribution in [3.05, 3.63) is 75.5 Å². The first kappa shape index (κ1) is 18.5. The van der Waals surface area contributed by atoms with Crippen LogP contribution in [0, 0.1) is 17.7 Å². The minimum atomic E-state index is -0.593. The Morgan fingerprint density at radius 3 is 2.73 bits per heavy atom.